The summed E-state index contributed by atoms with van der Waals surface area (Å²) in [5, 5.41) is 84.5. The lowest BCUT2D eigenvalue weighted by Gasteiger charge is -2.40. The van der Waals surface area contributed by atoms with Gasteiger partial charge in [-0.2, -0.15) is 0 Å². The van der Waals surface area contributed by atoms with Gasteiger partial charge in [0, 0.05) is 0 Å². The summed E-state index contributed by atoms with van der Waals surface area (Å²) in [5.41, 5.74) is 0. The number of rotatable bonds is 7. The Labute approximate surface area is 130 Å². The Morgan fingerprint density at radius 3 is 1.96 bits per heavy atom. The van der Waals surface area contributed by atoms with Crippen molar-refractivity contribution in [3.05, 3.63) is 0 Å². The summed E-state index contributed by atoms with van der Waals surface area (Å²) in [6, 6.07) is 0. The van der Waals surface area contributed by atoms with Crippen LogP contribution in [0.25, 0.3) is 0 Å². The third-order valence-corrected chi connectivity index (χ3v) is 3.72. The summed E-state index contributed by atoms with van der Waals surface area (Å²) in [7, 11) is 0. The van der Waals surface area contributed by atoms with Crippen LogP contribution in [0.2, 0.25) is 0 Å². The van der Waals surface area contributed by atoms with Crippen LogP contribution in [0.1, 0.15) is 0 Å². The maximum Gasteiger partial charge on any atom is 0.195 e. The first-order valence-electron chi connectivity index (χ1n) is 6.84. The van der Waals surface area contributed by atoms with E-state index in [1.54, 1.807) is 0 Å². The van der Waals surface area contributed by atoms with Gasteiger partial charge in [0.25, 0.3) is 0 Å². The number of aliphatic hydroxyl groups excluding tert-OH is 9. The summed E-state index contributed by atoms with van der Waals surface area (Å²) >= 11 is 0. The minimum atomic E-state index is -2.33. The van der Waals surface area contributed by atoms with E-state index in [1.165, 1.54) is 0 Å². The zero-order chi connectivity index (χ0) is 17.9. The van der Waals surface area contributed by atoms with Gasteiger partial charge in [-0.05, 0) is 0 Å². The first-order chi connectivity index (χ1) is 10.7. The molecule has 1 aliphatic heterocycles. The van der Waals surface area contributed by atoms with E-state index in [9.17, 15) is 40.5 Å². The number of carbonyl (C=O) groups excluding carboxylic acids is 1. The van der Waals surface area contributed by atoms with Crippen molar-refractivity contribution >= 4 is 5.78 Å². The standard InChI is InChI=1S/C12H22O11/c13-1-3(15)5(16)7(18)9(20)11(22)12-10(21)8(19)6(17)4(2-14)23-12/h3-10,12-21H,1-2H2/t3?,4-,5?,6+,7?,8+,9?,10-,12-/m1/s1. The second-order valence-corrected chi connectivity index (χ2v) is 5.33. The van der Waals surface area contributed by atoms with Gasteiger partial charge in [-0.15, -0.1) is 0 Å². The summed E-state index contributed by atoms with van der Waals surface area (Å²) in [4.78, 5) is 12.1. The summed E-state index contributed by atoms with van der Waals surface area (Å²) in [6.07, 6.45) is -17.2. The van der Waals surface area contributed by atoms with Gasteiger partial charge in [-0.1, -0.05) is 0 Å². The summed E-state index contributed by atoms with van der Waals surface area (Å²) in [5.74, 6) is -1.35. The van der Waals surface area contributed by atoms with E-state index in [0.29, 0.717) is 0 Å². The Bertz CT molecular complexity index is 389. The molecule has 0 spiro atoms. The zero-order valence-electron chi connectivity index (χ0n) is 12.0. The largest absolute Gasteiger partial charge is 0.394 e. The highest BCUT2D eigenvalue weighted by Crippen LogP contribution is 2.23. The van der Waals surface area contributed by atoms with Gasteiger partial charge in [-0.3, -0.25) is 4.79 Å². The Kier molecular flexibility index (Phi) is 7.41. The molecule has 0 amide bonds. The van der Waals surface area contributed by atoms with E-state index in [2.05, 4.69) is 0 Å². The molecule has 0 aromatic carbocycles. The number of hydrogen-bond acceptors (Lipinski definition) is 11. The molecular weight excluding hydrogens is 320 g/mol. The van der Waals surface area contributed by atoms with E-state index < -0.39 is 73.9 Å². The first-order valence-corrected chi connectivity index (χ1v) is 6.84. The van der Waals surface area contributed by atoms with E-state index in [0.717, 1.165) is 0 Å². The molecule has 0 aromatic heterocycles. The molecule has 23 heavy (non-hydrogen) atoms. The van der Waals surface area contributed by atoms with Crippen LogP contribution in [-0.2, 0) is 9.53 Å². The molecule has 136 valence electrons. The molecular formula is C12H22O11. The smallest absolute Gasteiger partial charge is 0.195 e. The van der Waals surface area contributed by atoms with Crippen molar-refractivity contribution in [3.8, 4) is 0 Å². The van der Waals surface area contributed by atoms with Crippen LogP contribution in [0, 0.1) is 0 Å². The predicted molar refractivity (Wildman–Crippen MR) is 69.9 cm³/mol. The van der Waals surface area contributed by atoms with Crippen LogP contribution < -0.4 is 0 Å². The van der Waals surface area contributed by atoms with Gasteiger partial charge in [0.2, 0.25) is 0 Å². The predicted octanol–water partition coefficient (Wildman–Crippen LogP) is -6.17. The van der Waals surface area contributed by atoms with Crippen molar-refractivity contribution in [1.29, 1.82) is 0 Å². The van der Waals surface area contributed by atoms with Gasteiger partial charge >= 0.3 is 0 Å². The highest BCUT2D eigenvalue weighted by molar-refractivity contribution is 5.88. The molecule has 0 aromatic rings. The Balaban J connectivity index is 2.85. The molecule has 11 heteroatoms. The molecule has 4 unspecified atom stereocenters. The fourth-order valence-electron chi connectivity index (χ4n) is 2.20. The fraction of sp³-hybridized carbons (Fsp3) is 0.917. The van der Waals surface area contributed by atoms with Gasteiger partial charge < -0.3 is 50.7 Å². The van der Waals surface area contributed by atoms with E-state index in [4.69, 9.17) is 14.9 Å². The normalized spacial score (nSPS) is 37.0. The molecule has 1 fully saturated rings. The van der Waals surface area contributed by atoms with Crippen molar-refractivity contribution in [2.24, 2.45) is 0 Å². The SMILES string of the molecule is O=C(C(O)C(O)C(O)C(O)CO)[C@@H]1O[C@H](CO)[C@H](O)[C@H](O)[C@H]1O. The summed E-state index contributed by atoms with van der Waals surface area (Å²) in [6.45, 7) is -1.74. The second-order valence-electron chi connectivity index (χ2n) is 5.33. The van der Waals surface area contributed by atoms with Crippen molar-refractivity contribution in [2.45, 2.75) is 54.9 Å². The average Bonchev–Trinajstić information content (AvgIpc) is 2.56. The molecule has 0 radical (unpaired) electrons. The van der Waals surface area contributed by atoms with E-state index in [1.807, 2.05) is 0 Å². The Morgan fingerprint density at radius 1 is 0.913 bits per heavy atom. The molecule has 0 bridgehead atoms. The lowest BCUT2D eigenvalue weighted by Crippen LogP contribution is -2.63. The van der Waals surface area contributed by atoms with Crippen molar-refractivity contribution in [2.75, 3.05) is 13.2 Å². The highest BCUT2D eigenvalue weighted by atomic mass is 16.5. The molecule has 9 atom stereocenters. The second kappa shape index (κ2) is 8.39. The third-order valence-electron chi connectivity index (χ3n) is 3.72. The summed E-state index contributed by atoms with van der Waals surface area (Å²) < 4.78 is 4.91. The first kappa shape index (κ1) is 20.3. The molecule has 0 saturated carbocycles. The number of aliphatic hydroxyl groups is 9. The van der Waals surface area contributed by atoms with Gasteiger partial charge in [0.05, 0.1) is 13.2 Å². The van der Waals surface area contributed by atoms with Crippen molar-refractivity contribution in [3.63, 3.8) is 0 Å². The number of hydrogen-bond donors (Lipinski definition) is 9. The van der Waals surface area contributed by atoms with Gasteiger partial charge in [0.1, 0.15) is 54.9 Å². The van der Waals surface area contributed by atoms with Crippen molar-refractivity contribution < 1.29 is 55.5 Å². The number of ketones is 1. The van der Waals surface area contributed by atoms with Crippen LogP contribution in [0.3, 0.4) is 0 Å². The zero-order valence-corrected chi connectivity index (χ0v) is 12.0. The quantitative estimate of drug-likeness (QED) is 0.212. The highest BCUT2D eigenvalue weighted by Gasteiger charge is 2.49. The van der Waals surface area contributed by atoms with E-state index >= 15 is 0 Å². The monoisotopic (exact) mass is 342 g/mol. The number of ether oxygens (including phenoxy) is 1. The maximum atomic E-state index is 12.1. The molecule has 1 heterocycles. The molecule has 1 rings (SSSR count). The molecule has 9 N–H and O–H groups in total. The minimum Gasteiger partial charge on any atom is -0.394 e. The van der Waals surface area contributed by atoms with Crippen LogP contribution in [-0.4, -0.2) is 120 Å². The number of carbonyl (C=O) groups is 1. The molecule has 0 aliphatic carbocycles. The average molecular weight is 342 g/mol. The molecule has 1 saturated heterocycles. The maximum absolute atomic E-state index is 12.1. The van der Waals surface area contributed by atoms with E-state index in [-0.39, 0.29) is 0 Å². The van der Waals surface area contributed by atoms with Gasteiger partial charge in [0.15, 0.2) is 5.78 Å². The van der Waals surface area contributed by atoms with Crippen LogP contribution in [0.4, 0.5) is 0 Å². The lowest BCUT2D eigenvalue weighted by atomic mass is 9.89. The van der Waals surface area contributed by atoms with Crippen molar-refractivity contribution in [1.82, 2.24) is 0 Å². The Hall–Kier alpha value is -0.730. The topological polar surface area (TPSA) is 208 Å². The molecule has 1 aliphatic rings. The molecule has 11 nitrogen and oxygen atoms in total. The minimum absolute atomic E-state index is 0.792. The van der Waals surface area contributed by atoms with Crippen LogP contribution >= 0.6 is 0 Å². The van der Waals surface area contributed by atoms with Crippen LogP contribution in [0.5, 0.6) is 0 Å². The third kappa shape index (κ3) is 4.22. The lowest BCUT2D eigenvalue weighted by molar-refractivity contribution is -0.231. The fourth-order valence-corrected chi connectivity index (χ4v) is 2.20. The van der Waals surface area contributed by atoms with Gasteiger partial charge in [-0.25, -0.2) is 0 Å². The Morgan fingerprint density at radius 2 is 1.48 bits per heavy atom. The van der Waals surface area contributed by atoms with Crippen LogP contribution in [0.15, 0.2) is 0 Å². The number of Topliss-reactive ketones (excluding diaryl/α,β-unsaturated/α-hetero) is 1.